The first-order valence-electron chi connectivity index (χ1n) is 6.77. The van der Waals surface area contributed by atoms with Crippen molar-refractivity contribution in [3.8, 4) is 0 Å². The third-order valence-electron chi connectivity index (χ3n) is 3.10. The Morgan fingerprint density at radius 3 is 2.67 bits per heavy atom. The van der Waals surface area contributed by atoms with Crippen LogP contribution >= 0.6 is 11.3 Å². The third-order valence-corrected chi connectivity index (χ3v) is 5.71. The average molecular weight is 324 g/mol. The van der Waals surface area contributed by atoms with E-state index in [1.807, 2.05) is 32.0 Å². The maximum Gasteiger partial charge on any atom is 0.240 e. The average Bonchev–Trinajstić information content (AvgIpc) is 2.83. The molecule has 0 saturated carbocycles. The SMILES string of the molecule is Cc1ccc(CC(C)NS(=O)(=O)c2cccc(CN)c2)s1. The van der Waals surface area contributed by atoms with Crippen molar-refractivity contribution in [1.82, 2.24) is 4.72 Å². The summed E-state index contributed by atoms with van der Waals surface area (Å²) in [4.78, 5) is 2.67. The van der Waals surface area contributed by atoms with Gasteiger partial charge in [0.05, 0.1) is 4.90 Å². The third kappa shape index (κ3) is 4.38. The van der Waals surface area contributed by atoms with Crippen molar-refractivity contribution in [2.75, 3.05) is 0 Å². The van der Waals surface area contributed by atoms with E-state index in [9.17, 15) is 8.42 Å². The molecule has 1 aromatic carbocycles. The van der Waals surface area contributed by atoms with E-state index in [4.69, 9.17) is 5.73 Å². The largest absolute Gasteiger partial charge is 0.326 e. The monoisotopic (exact) mass is 324 g/mol. The maximum absolute atomic E-state index is 12.4. The Bertz CT molecular complexity index is 708. The number of hydrogen-bond acceptors (Lipinski definition) is 4. The van der Waals surface area contributed by atoms with Crippen molar-refractivity contribution in [3.63, 3.8) is 0 Å². The van der Waals surface area contributed by atoms with Crippen LogP contribution in [0.2, 0.25) is 0 Å². The van der Waals surface area contributed by atoms with E-state index in [-0.39, 0.29) is 10.9 Å². The van der Waals surface area contributed by atoms with Crippen LogP contribution in [0, 0.1) is 6.92 Å². The van der Waals surface area contributed by atoms with E-state index in [1.54, 1.807) is 29.5 Å². The summed E-state index contributed by atoms with van der Waals surface area (Å²) < 4.78 is 27.4. The van der Waals surface area contributed by atoms with E-state index >= 15 is 0 Å². The van der Waals surface area contributed by atoms with Crippen LogP contribution in [0.25, 0.3) is 0 Å². The first-order chi connectivity index (χ1) is 9.90. The summed E-state index contributed by atoms with van der Waals surface area (Å²) in [5.41, 5.74) is 6.36. The zero-order chi connectivity index (χ0) is 15.5. The first kappa shape index (κ1) is 16.2. The lowest BCUT2D eigenvalue weighted by molar-refractivity contribution is 0.560. The van der Waals surface area contributed by atoms with Gasteiger partial charge in [0.25, 0.3) is 0 Å². The molecule has 0 bridgehead atoms. The summed E-state index contributed by atoms with van der Waals surface area (Å²) >= 11 is 1.69. The number of nitrogens with two attached hydrogens (primary N) is 1. The number of thiophene rings is 1. The van der Waals surface area contributed by atoms with E-state index in [0.29, 0.717) is 13.0 Å². The number of sulfonamides is 1. The second-order valence-electron chi connectivity index (χ2n) is 5.09. The smallest absolute Gasteiger partial charge is 0.240 e. The van der Waals surface area contributed by atoms with Gasteiger partial charge in [0, 0.05) is 22.3 Å². The molecule has 0 saturated heterocycles. The van der Waals surface area contributed by atoms with Crippen LogP contribution in [0.3, 0.4) is 0 Å². The predicted molar refractivity (Wildman–Crippen MR) is 86.9 cm³/mol. The van der Waals surface area contributed by atoms with Crippen molar-refractivity contribution < 1.29 is 8.42 Å². The van der Waals surface area contributed by atoms with Crippen LogP contribution in [-0.2, 0) is 23.0 Å². The highest BCUT2D eigenvalue weighted by molar-refractivity contribution is 7.89. The molecule has 2 aromatic rings. The zero-order valence-corrected chi connectivity index (χ0v) is 13.8. The fourth-order valence-electron chi connectivity index (χ4n) is 2.11. The Morgan fingerprint density at radius 2 is 2.05 bits per heavy atom. The van der Waals surface area contributed by atoms with Crippen LogP contribution in [0.1, 0.15) is 22.2 Å². The topological polar surface area (TPSA) is 72.2 Å². The molecule has 114 valence electrons. The summed E-state index contributed by atoms with van der Waals surface area (Å²) in [5.74, 6) is 0. The van der Waals surface area contributed by atoms with Crippen LogP contribution < -0.4 is 10.5 Å². The predicted octanol–water partition coefficient (Wildman–Crippen LogP) is 2.42. The van der Waals surface area contributed by atoms with Gasteiger partial charge in [-0.05, 0) is 50.1 Å². The lowest BCUT2D eigenvalue weighted by atomic mass is 10.2. The highest BCUT2D eigenvalue weighted by Crippen LogP contribution is 2.18. The van der Waals surface area contributed by atoms with Gasteiger partial charge in [0.15, 0.2) is 0 Å². The number of benzene rings is 1. The normalized spacial score (nSPS) is 13.3. The zero-order valence-electron chi connectivity index (χ0n) is 12.2. The quantitative estimate of drug-likeness (QED) is 0.857. The first-order valence-corrected chi connectivity index (χ1v) is 9.07. The van der Waals surface area contributed by atoms with Gasteiger partial charge < -0.3 is 5.73 Å². The highest BCUT2D eigenvalue weighted by atomic mass is 32.2. The Balaban J connectivity index is 2.09. The molecule has 6 heteroatoms. The van der Waals surface area contributed by atoms with Crippen molar-refractivity contribution in [3.05, 3.63) is 51.7 Å². The van der Waals surface area contributed by atoms with E-state index in [2.05, 4.69) is 4.72 Å². The molecule has 0 amide bonds. The molecule has 1 heterocycles. The Hall–Kier alpha value is -1.21. The van der Waals surface area contributed by atoms with E-state index in [1.165, 1.54) is 9.75 Å². The molecule has 21 heavy (non-hydrogen) atoms. The minimum atomic E-state index is -3.51. The molecule has 0 fully saturated rings. The number of hydrogen-bond donors (Lipinski definition) is 2. The molecule has 1 aromatic heterocycles. The van der Waals surface area contributed by atoms with Gasteiger partial charge in [-0.2, -0.15) is 0 Å². The van der Waals surface area contributed by atoms with Crippen molar-refractivity contribution in [2.24, 2.45) is 5.73 Å². The molecule has 0 aliphatic heterocycles. The molecular weight excluding hydrogens is 304 g/mol. The van der Waals surface area contributed by atoms with E-state index in [0.717, 1.165) is 5.56 Å². The van der Waals surface area contributed by atoms with E-state index < -0.39 is 10.0 Å². The molecule has 3 N–H and O–H groups in total. The van der Waals surface area contributed by atoms with Crippen molar-refractivity contribution in [1.29, 1.82) is 0 Å². The molecule has 1 atom stereocenters. The second-order valence-corrected chi connectivity index (χ2v) is 8.18. The fraction of sp³-hybridized carbons (Fsp3) is 0.333. The molecule has 1 unspecified atom stereocenters. The van der Waals surface area contributed by atoms with Crippen LogP contribution in [0.5, 0.6) is 0 Å². The minimum Gasteiger partial charge on any atom is -0.326 e. The molecule has 2 rings (SSSR count). The number of aryl methyl sites for hydroxylation is 1. The lowest BCUT2D eigenvalue weighted by Crippen LogP contribution is -2.34. The van der Waals surface area contributed by atoms with Crippen molar-refractivity contribution >= 4 is 21.4 Å². The van der Waals surface area contributed by atoms with Gasteiger partial charge in [-0.15, -0.1) is 11.3 Å². The van der Waals surface area contributed by atoms with Gasteiger partial charge in [-0.25, -0.2) is 13.1 Å². The fourth-order valence-corrected chi connectivity index (χ4v) is 4.44. The van der Waals surface area contributed by atoms with Crippen LogP contribution in [-0.4, -0.2) is 14.5 Å². The van der Waals surface area contributed by atoms with Crippen molar-refractivity contribution in [2.45, 2.75) is 37.8 Å². The maximum atomic E-state index is 12.4. The molecule has 0 aliphatic carbocycles. The summed E-state index contributed by atoms with van der Waals surface area (Å²) in [6.45, 7) is 4.24. The van der Waals surface area contributed by atoms with Gasteiger partial charge in [0.1, 0.15) is 0 Å². The Morgan fingerprint density at radius 1 is 1.29 bits per heavy atom. The summed E-state index contributed by atoms with van der Waals surface area (Å²) in [6.07, 6.45) is 0.689. The van der Waals surface area contributed by atoms with Crippen LogP contribution in [0.4, 0.5) is 0 Å². The molecule has 0 radical (unpaired) electrons. The molecule has 0 spiro atoms. The molecule has 4 nitrogen and oxygen atoms in total. The standard InChI is InChI=1S/C15H20N2O2S2/c1-11(8-14-7-6-12(2)20-14)17-21(18,19)15-5-3-4-13(9-15)10-16/h3-7,9,11,17H,8,10,16H2,1-2H3. The van der Waals surface area contributed by atoms with Gasteiger partial charge in [0.2, 0.25) is 10.0 Å². The lowest BCUT2D eigenvalue weighted by Gasteiger charge is -2.14. The highest BCUT2D eigenvalue weighted by Gasteiger charge is 2.18. The molecule has 0 aliphatic rings. The second kappa shape index (κ2) is 6.70. The summed E-state index contributed by atoms with van der Waals surface area (Å²) in [5, 5.41) is 0. The number of rotatable bonds is 6. The number of nitrogens with one attached hydrogen (secondary N) is 1. The Kier molecular flexibility index (Phi) is 5.16. The van der Waals surface area contributed by atoms with Gasteiger partial charge in [-0.1, -0.05) is 12.1 Å². The Labute approximate surface area is 130 Å². The van der Waals surface area contributed by atoms with Gasteiger partial charge >= 0.3 is 0 Å². The molecular formula is C15H20N2O2S2. The van der Waals surface area contributed by atoms with Gasteiger partial charge in [-0.3, -0.25) is 0 Å². The minimum absolute atomic E-state index is 0.158. The summed E-state index contributed by atoms with van der Waals surface area (Å²) in [7, 11) is -3.51. The summed E-state index contributed by atoms with van der Waals surface area (Å²) in [6, 6.07) is 10.7. The van der Waals surface area contributed by atoms with Crippen LogP contribution in [0.15, 0.2) is 41.3 Å².